The van der Waals surface area contributed by atoms with Crippen molar-refractivity contribution >= 4 is 17.1 Å². The molecule has 1 aliphatic heterocycles. The van der Waals surface area contributed by atoms with E-state index in [1.807, 2.05) is 17.1 Å². The molecule has 0 unspecified atom stereocenters. The molecule has 0 atom stereocenters. The van der Waals surface area contributed by atoms with Crippen molar-refractivity contribution in [1.29, 1.82) is 0 Å². The van der Waals surface area contributed by atoms with Gasteiger partial charge in [0.05, 0.1) is 16.3 Å². The fourth-order valence-electron chi connectivity index (χ4n) is 2.46. The highest BCUT2D eigenvalue weighted by Gasteiger charge is 2.18. The van der Waals surface area contributed by atoms with E-state index in [0.717, 1.165) is 29.9 Å². The van der Waals surface area contributed by atoms with E-state index in [2.05, 4.69) is 24.2 Å². The van der Waals surface area contributed by atoms with Crippen molar-refractivity contribution < 1.29 is 4.92 Å². The monoisotopic (exact) mass is 281 g/mol. The number of anilines is 1. The van der Waals surface area contributed by atoms with Crippen molar-refractivity contribution in [2.75, 3.05) is 11.6 Å². The number of nitro benzene ring substituents is 1. The van der Waals surface area contributed by atoms with Crippen LogP contribution in [0.1, 0.15) is 17.5 Å². The second-order valence-corrected chi connectivity index (χ2v) is 5.01. The second-order valence-electron chi connectivity index (χ2n) is 5.01. The molecule has 106 valence electrons. The van der Waals surface area contributed by atoms with Crippen molar-refractivity contribution in [3.05, 3.63) is 69.8 Å². The van der Waals surface area contributed by atoms with Gasteiger partial charge < -0.3 is 0 Å². The lowest BCUT2D eigenvalue weighted by atomic mass is 10.1. The van der Waals surface area contributed by atoms with Crippen molar-refractivity contribution in [2.45, 2.75) is 13.3 Å². The van der Waals surface area contributed by atoms with Crippen LogP contribution in [-0.4, -0.2) is 17.2 Å². The third-order valence-electron chi connectivity index (χ3n) is 3.61. The lowest BCUT2D eigenvalue weighted by Crippen LogP contribution is -2.12. The minimum absolute atomic E-state index is 0.105. The molecule has 1 heterocycles. The van der Waals surface area contributed by atoms with Crippen LogP contribution in [0.15, 0.2) is 53.6 Å². The van der Waals surface area contributed by atoms with Crippen LogP contribution in [0.2, 0.25) is 0 Å². The van der Waals surface area contributed by atoms with Gasteiger partial charge in [-0.3, -0.25) is 15.1 Å². The fraction of sp³-hybridized carbons (Fsp3) is 0.188. The van der Waals surface area contributed by atoms with Crippen LogP contribution in [0.25, 0.3) is 0 Å². The molecule has 0 aliphatic carbocycles. The van der Waals surface area contributed by atoms with Gasteiger partial charge in [0.1, 0.15) is 0 Å². The Morgan fingerprint density at radius 3 is 2.52 bits per heavy atom. The fourth-order valence-corrected chi connectivity index (χ4v) is 2.46. The van der Waals surface area contributed by atoms with E-state index in [9.17, 15) is 10.1 Å². The molecule has 0 saturated heterocycles. The summed E-state index contributed by atoms with van der Waals surface area (Å²) in [5, 5.41) is 17.3. The first-order chi connectivity index (χ1) is 10.1. The number of rotatable bonds is 3. The van der Waals surface area contributed by atoms with Crippen LogP contribution in [0.3, 0.4) is 0 Å². The lowest BCUT2D eigenvalue weighted by Gasteiger charge is -2.15. The minimum atomic E-state index is -0.389. The van der Waals surface area contributed by atoms with Gasteiger partial charge >= 0.3 is 0 Å². The molecule has 0 spiro atoms. The Hall–Kier alpha value is -2.69. The first-order valence-corrected chi connectivity index (χ1v) is 6.80. The van der Waals surface area contributed by atoms with Crippen LogP contribution in [0.5, 0.6) is 0 Å². The quantitative estimate of drug-likeness (QED) is 0.639. The van der Waals surface area contributed by atoms with Crippen LogP contribution >= 0.6 is 0 Å². The van der Waals surface area contributed by atoms with Gasteiger partial charge in [-0.25, -0.2) is 0 Å². The summed E-state index contributed by atoms with van der Waals surface area (Å²) in [5.41, 5.74) is 4.30. The maximum absolute atomic E-state index is 10.7. The number of benzene rings is 2. The Morgan fingerprint density at radius 1 is 1.14 bits per heavy atom. The van der Waals surface area contributed by atoms with Gasteiger partial charge in [0.25, 0.3) is 5.69 Å². The summed E-state index contributed by atoms with van der Waals surface area (Å²) in [6, 6.07) is 14.7. The lowest BCUT2D eigenvalue weighted by molar-refractivity contribution is -0.384. The average Bonchev–Trinajstić information content (AvgIpc) is 2.97. The molecule has 2 aromatic carbocycles. The van der Waals surface area contributed by atoms with E-state index in [1.54, 1.807) is 12.1 Å². The van der Waals surface area contributed by atoms with Crippen molar-refractivity contribution in [2.24, 2.45) is 5.10 Å². The highest BCUT2D eigenvalue weighted by atomic mass is 16.6. The normalized spacial score (nSPS) is 14.1. The van der Waals surface area contributed by atoms with Gasteiger partial charge in [-0.05, 0) is 36.2 Å². The molecule has 0 fully saturated rings. The topological polar surface area (TPSA) is 58.7 Å². The number of aryl methyl sites for hydroxylation is 1. The number of non-ortho nitro benzene ring substituents is 1. The molecule has 0 saturated carbocycles. The third-order valence-corrected chi connectivity index (χ3v) is 3.61. The minimum Gasteiger partial charge on any atom is -0.265 e. The number of nitrogens with zero attached hydrogens (tertiary/aromatic N) is 3. The van der Waals surface area contributed by atoms with Crippen LogP contribution in [0.4, 0.5) is 11.4 Å². The highest BCUT2D eigenvalue weighted by molar-refractivity contribution is 6.02. The molecule has 21 heavy (non-hydrogen) atoms. The van der Waals surface area contributed by atoms with Gasteiger partial charge in [-0.15, -0.1) is 0 Å². The second kappa shape index (κ2) is 5.36. The average molecular weight is 281 g/mol. The third kappa shape index (κ3) is 2.63. The zero-order valence-corrected chi connectivity index (χ0v) is 11.7. The van der Waals surface area contributed by atoms with E-state index in [0.29, 0.717) is 0 Å². The summed E-state index contributed by atoms with van der Waals surface area (Å²) in [7, 11) is 0. The van der Waals surface area contributed by atoms with Crippen LogP contribution in [-0.2, 0) is 0 Å². The standard InChI is InChI=1S/C16H15N3O2/c1-12-4-2-3-5-16(12)18-11-10-15(17-18)13-6-8-14(9-7-13)19(20)21/h2-9H,10-11H2,1H3. The smallest absolute Gasteiger partial charge is 0.265 e. The molecule has 0 bridgehead atoms. The molecular weight excluding hydrogens is 266 g/mol. The Bertz CT molecular complexity index is 708. The zero-order valence-electron chi connectivity index (χ0n) is 11.7. The molecule has 0 amide bonds. The van der Waals surface area contributed by atoms with Crippen LogP contribution in [0, 0.1) is 17.0 Å². The highest BCUT2D eigenvalue weighted by Crippen LogP contribution is 2.25. The SMILES string of the molecule is Cc1ccccc1N1CCC(c2ccc([N+](=O)[O-])cc2)=N1. The predicted molar refractivity (Wildman–Crippen MR) is 82.8 cm³/mol. The Morgan fingerprint density at radius 2 is 1.86 bits per heavy atom. The zero-order chi connectivity index (χ0) is 14.8. The predicted octanol–water partition coefficient (Wildman–Crippen LogP) is 3.52. The van der Waals surface area contributed by atoms with Crippen LogP contribution < -0.4 is 5.01 Å². The van der Waals surface area contributed by atoms with E-state index >= 15 is 0 Å². The Labute approximate surface area is 122 Å². The van der Waals surface area contributed by atoms with Crippen molar-refractivity contribution in [3.63, 3.8) is 0 Å². The molecular formula is C16H15N3O2. The molecule has 0 radical (unpaired) electrons. The molecule has 0 N–H and O–H groups in total. The van der Waals surface area contributed by atoms with Gasteiger partial charge in [0.2, 0.25) is 0 Å². The molecule has 0 aromatic heterocycles. The Kier molecular flexibility index (Phi) is 3.39. The van der Waals surface area contributed by atoms with Gasteiger partial charge in [-0.2, -0.15) is 5.10 Å². The summed E-state index contributed by atoms with van der Waals surface area (Å²) >= 11 is 0. The van der Waals surface area contributed by atoms with Gasteiger partial charge in [0.15, 0.2) is 0 Å². The Balaban J connectivity index is 1.86. The van der Waals surface area contributed by atoms with E-state index in [1.165, 1.54) is 17.7 Å². The first kappa shape index (κ1) is 13.3. The van der Waals surface area contributed by atoms with Crippen molar-refractivity contribution in [3.8, 4) is 0 Å². The summed E-state index contributed by atoms with van der Waals surface area (Å²) in [6.45, 7) is 2.89. The van der Waals surface area contributed by atoms with Crippen molar-refractivity contribution in [1.82, 2.24) is 0 Å². The first-order valence-electron chi connectivity index (χ1n) is 6.80. The number of nitro groups is 1. The van der Waals surface area contributed by atoms with Gasteiger partial charge in [-0.1, -0.05) is 18.2 Å². The number of para-hydroxylation sites is 1. The molecule has 1 aliphatic rings. The summed E-state index contributed by atoms with van der Waals surface area (Å²) in [6.07, 6.45) is 0.839. The van der Waals surface area contributed by atoms with Gasteiger partial charge in [0, 0.05) is 25.1 Å². The van der Waals surface area contributed by atoms with E-state index in [-0.39, 0.29) is 10.6 Å². The summed E-state index contributed by atoms with van der Waals surface area (Å²) in [5.74, 6) is 0. The maximum atomic E-state index is 10.7. The van der Waals surface area contributed by atoms with E-state index < -0.39 is 0 Å². The van der Waals surface area contributed by atoms with E-state index in [4.69, 9.17) is 0 Å². The number of hydrogen-bond acceptors (Lipinski definition) is 4. The maximum Gasteiger partial charge on any atom is 0.269 e. The summed E-state index contributed by atoms with van der Waals surface area (Å²) in [4.78, 5) is 10.3. The molecule has 5 nitrogen and oxygen atoms in total. The largest absolute Gasteiger partial charge is 0.269 e. The molecule has 5 heteroatoms. The number of hydrogen-bond donors (Lipinski definition) is 0. The summed E-state index contributed by atoms with van der Waals surface area (Å²) < 4.78 is 0. The molecule has 3 rings (SSSR count). The number of hydrazone groups is 1. The molecule has 2 aromatic rings.